The number of imidazole rings is 1. The van der Waals surface area contributed by atoms with E-state index in [1.54, 1.807) is 6.33 Å². The first kappa shape index (κ1) is 22.8. The van der Waals surface area contributed by atoms with Gasteiger partial charge in [-0.3, -0.25) is 4.57 Å². The maximum atomic E-state index is 10.7. The summed E-state index contributed by atoms with van der Waals surface area (Å²) in [7, 11) is -2.31. The molecule has 2 aliphatic rings. The van der Waals surface area contributed by atoms with Gasteiger partial charge >= 0.3 is 0 Å². The zero-order chi connectivity index (χ0) is 22.6. The van der Waals surface area contributed by atoms with Crippen LogP contribution in [0, 0.1) is 0 Å². The number of hydrogen-bond donors (Lipinski definition) is 1. The molecule has 0 bridgehead atoms. The van der Waals surface area contributed by atoms with Crippen LogP contribution in [-0.4, -0.2) is 56.7 Å². The van der Waals surface area contributed by atoms with E-state index in [-0.39, 0.29) is 23.4 Å². The van der Waals surface area contributed by atoms with Gasteiger partial charge in [0, 0.05) is 0 Å². The molecule has 4 heterocycles. The molecule has 0 aliphatic carbocycles. The van der Waals surface area contributed by atoms with Gasteiger partial charge in [0.1, 0.15) is 24.1 Å². The molecule has 1 saturated heterocycles. The van der Waals surface area contributed by atoms with Crippen molar-refractivity contribution in [3.05, 3.63) is 30.0 Å². The molecule has 2 aromatic heterocycles. The van der Waals surface area contributed by atoms with Crippen molar-refractivity contribution < 1.29 is 19.0 Å². The first-order chi connectivity index (χ1) is 14.4. The number of rotatable bonds is 5. The van der Waals surface area contributed by atoms with E-state index in [0.29, 0.717) is 16.3 Å². The molecule has 1 N–H and O–H groups in total. The lowest BCUT2D eigenvalue weighted by atomic mass is 10.0. The molecular weight excluding hydrogens is 436 g/mol. The van der Waals surface area contributed by atoms with E-state index in [4.69, 9.17) is 25.8 Å². The lowest BCUT2D eigenvalue weighted by molar-refractivity contribution is -0.174. The average Bonchev–Trinajstić information content (AvgIpc) is 3.17. The summed E-state index contributed by atoms with van der Waals surface area (Å²) in [5, 5.41) is 0.156. The maximum Gasteiger partial charge on any atom is 0.188 e. The Labute approximate surface area is 188 Å². The quantitative estimate of drug-likeness (QED) is 0.400. The minimum absolute atomic E-state index is 0.140. The maximum absolute atomic E-state index is 10.7. The lowest BCUT2D eigenvalue weighted by Crippen LogP contribution is -2.39. The van der Waals surface area contributed by atoms with Crippen LogP contribution < -0.4 is 0 Å². The standard InChI is InChI=1S/C21H31ClN4O4Si/c1-20(2,31(5,6)27)10-9-13-7-8-14-16(30-21(3,4)29-14)19(28-13)26-12-25-15-17(22)23-11-24-18(15)26/h7-8,11-14,16,19,27H,9-10H2,1-6H3/t13-,14+,16+,19+/m0/s1. The summed E-state index contributed by atoms with van der Waals surface area (Å²) in [6.07, 6.45) is 7.44. The molecule has 31 heavy (non-hydrogen) atoms. The number of hydrogen-bond acceptors (Lipinski definition) is 7. The third-order valence-electron chi connectivity index (χ3n) is 6.57. The van der Waals surface area contributed by atoms with Crippen LogP contribution in [0.4, 0.5) is 0 Å². The molecule has 10 heteroatoms. The van der Waals surface area contributed by atoms with Crippen molar-refractivity contribution in [3.8, 4) is 0 Å². The van der Waals surface area contributed by atoms with Crippen LogP contribution in [0.3, 0.4) is 0 Å². The largest absolute Gasteiger partial charge is 0.432 e. The van der Waals surface area contributed by atoms with Crippen LogP contribution in [0.2, 0.25) is 23.3 Å². The third kappa shape index (κ3) is 4.44. The van der Waals surface area contributed by atoms with Crippen molar-refractivity contribution in [3.63, 3.8) is 0 Å². The predicted molar refractivity (Wildman–Crippen MR) is 120 cm³/mol. The second-order valence-corrected chi connectivity index (χ2v) is 14.8. The predicted octanol–water partition coefficient (Wildman–Crippen LogP) is 4.21. The van der Waals surface area contributed by atoms with Crippen LogP contribution in [0.1, 0.15) is 46.8 Å². The summed E-state index contributed by atoms with van der Waals surface area (Å²) in [4.78, 5) is 23.5. The van der Waals surface area contributed by atoms with Crippen LogP contribution >= 0.6 is 11.6 Å². The number of halogens is 1. The van der Waals surface area contributed by atoms with Gasteiger partial charge in [-0.05, 0) is 44.8 Å². The summed E-state index contributed by atoms with van der Waals surface area (Å²) in [6, 6.07) is 0. The van der Waals surface area contributed by atoms with Gasteiger partial charge in [-0.25, -0.2) is 15.0 Å². The van der Waals surface area contributed by atoms with E-state index in [1.807, 2.05) is 43.7 Å². The zero-order valence-corrected chi connectivity index (χ0v) is 20.6. The van der Waals surface area contributed by atoms with Crippen molar-refractivity contribution in [1.29, 1.82) is 0 Å². The van der Waals surface area contributed by atoms with Gasteiger partial charge in [-0.15, -0.1) is 0 Å². The Bertz CT molecular complexity index is 987. The van der Waals surface area contributed by atoms with E-state index in [2.05, 4.69) is 28.8 Å². The molecule has 8 nitrogen and oxygen atoms in total. The monoisotopic (exact) mass is 466 g/mol. The molecule has 4 rings (SSSR count). The van der Waals surface area contributed by atoms with E-state index in [9.17, 15) is 4.80 Å². The first-order valence-electron chi connectivity index (χ1n) is 10.6. The fraction of sp³-hybridized carbons (Fsp3) is 0.667. The van der Waals surface area contributed by atoms with Crippen LogP contribution in [-0.2, 0) is 14.2 Å². The fourth-order valence-electron chi connectivity index (χ4n) is 3.93. The first-order valence-corrected chi connectivity index (χ1v) is 14.0. The Kier molecular flexibility index (Phi) is 5.81. The van der Waals surface area contributed by atoms with Gasteiger partial charge in [-0.2, -0.15) is 0 Å². The molecular formula is C21H31ClN4O4Si. The molecule has 0 spiro atoms. The van der Waals surface area contributed by atoms with Crippen LogP contribution in [0.5, 0.6) is 0 Å². The van der Waals surface area contributed by atoms with Crippen LogP contribution in [0.25, 0.3) is 11.2 Å². The molecule has 0 radical (unpaired) electrons. The van der Waals surface area contributed by atoms with Crippen molar-refractivity contribution >= 4 is 31.1 Å². The Morgan fingerprint density at radius 1 is 1.19 bits per heavy atom. The van der Waals surface area contributed by atoms with Crippen molar-refractivity contribution in [2.45, 2.75) is 89.0 Å². The van der Waals surface area contributed by atoms with Gasteiger partial charge < -0.3 is 19.0 Å². The highest BCUT2D eigenvalue weighted by Gasteiger charge is 2.48. The summed E-state index contributed by atoms with van der Waals surface area (Å²) in [6.45, 7) is 12.0. The molecule has 4 atom stereocenters. The number of ether oxygens (including phenoxy) is 3. The van der Waals surface area contributed by atoms with E-state index in [0.717, 1.165) is 12.8 Å². The summed E-state index contributed by atoms with van der Waals surface area (Å²) in [5.74, 6) is -0.731. The lowest BCUT2D eigenvalue weighted by Gasteiger charge is -2.36. The smallest absolute Gasteiger partial charge is 0.188 e. The Balaban J connectivity index is 1.66. The SMILES string of the molecule is CC1(C)O[C@H]2[C@H](n3cnc4c(Cl)ncnc43)O[C@H](CCC(C)(C)[Si](C)(C)O)C=C[C@H]2O1. The molecule has 0 saturated carbocycles. The number of aromatic nitrogens is 4. The number of nitrogens with zero attached hydrogens (tertiary/aromatic N) is 4. The summed E-state index contributed by atoms with van der Waals surface area (Å²) in [5.41, 5.74) is 1.10. The topological polar surface area (TPSA) is 91.5 Å². The molecule has 2 aromatic rings. The zero-order valence-electron chi connectivity index (χ0n) is 18.9. The normalized spacial score (nSPS) is 28.6. The average molecular weight is 467 g/mol. The van der Waals surface area contributed by atoms with Gasteiger partial charge in [0.25, 0.3) is 0 Å². The van der Waals surface area contributed by atoms with E-state index < -0.39 is 20.3 Å². The second-order valence-electron chi connectivity index (χ2n) is 9.98. The second kappa shape index (κ2) is 7.89. The van der Waals surface area contributed by atoms with E-state index >= 15 is 0 Å². The van der Waals surface area contributed by atoms with Gasteiger partial charge in [-0.1, -0.05) is 37.6 Å². The molecule has 2 aliphatic heterocycles. The van der Waals surface area contributed by atoms with Crippen molar-refractivity contribution in [2.75, 3.05) is 0 Å². The highest BCUT2D eigenvalue weighted by atomic mass is 35.5. The fourth-order valence-corrected chi connectivity index (χ4v) is 4.86. The molecule has 1 fully saturated rings. The van der Waals surface area contributed by atoms with Crippen molar-refractivity contribution in [2.24, 2.45) is 0 Å². The van der Waals surface area contributed by atoms with Gasteiger partial charge in [0.05, 0.1) is 12.4 Å². The van der Waals surface area contributed by atoms with Gasteiger partial charge in [0.15, 0.2) is 31.1 Å². The Morgan fingerprint density at radius 2 is 1.94 bits per heavy atom. The minimum atomic E-state index is -2.31. The van der Waals surface area contributed by atoms with Crippen molar-refractivity contribution in [1.82, 2.24) is 19.5 Å². The molecule has 170 valence electrons. The third-order valence-corrected chi connectivity index (χ3v) is 10.4. The van der Waals surface area contributed by atoms with E-state index in [1.165, 1.54) is 6.33 Å². The summed E-state index contributed by atoms with van der Waals surface area (Å²) < 4.78 is 20.8. The Morgan fingerprint density at radius 3 is 2.65 bits per heavy atom. The van der Waals surface area contributed by atoms with Gasteiger partial charge in [0.2, 0.25) is 0 Å². The molecule has 0 aromatic carbocycles. The molecule has 0 unspecified atom stereocenters. The summed E-state index contributed by atoms with van der Waals surface area (Å²) >= 11 is 6.21. The molecule has 0 amide bonds. The van der Waals surface area contributed by atoms with Crippen LogP contribution in [0.15, 0.2) is 24.8 Å². The highest BCUT2D eigenvalue weighted by molar-refractivity contribution is 6.72. The minimum Gasteiger partial charge on any atom is -0.432 e. The number of fused-ring (bicyclic) bond motifs is 2. The highest BCUT2D eigenvalue weighted by Crippen LogP contribution is 2.43. The Hall–Kier alpha value is -1.36.